The normalized spacial score (nSPS) is 11.8. The van der Waals surface area contributed by atoms with Gasteiger partial charge in [0.1, 0.15) is 11.5 Å². The first-order valence-electron chi connectivity index (χ1n) is 6.57. The van der Waals surface area contributed by atoms with Crippen molar-refractivity contribution >= 4 is 51.4 Å². The number of sulfonamides is 1. The summed E-state index contributed by atoms with van der Waals surface area (Å²) >= 11 is 3.23. The Labute approximate surface area is 158 Å². The van der Waals surface area contributed by atoms with Crippen LogP contribution in [0.1, 0.15) is 0 Å². The van der Waals surface area contributed by atoms with Crippen LogP contribution in [0.2, 0.25) is 0 Å². The lowest BCUT2D eigenvalue weighted by Crippen LogP contribution is -2.13. The van der Waals surface area contributed by atoms with Gasteiger partial charge in [-0.25, -0.2) is 16.8 Å². The molecule has 0 fully saturated rings. The maximum absolute atomic E-state index is 12.4. The molecule has 0 aliphatic rings. The Bertz CT molecular complexity index is 965. The van der Waals surface area contributed by atoms with Crippen LogP contribution in [0.25, 0.3) is 0 Å². The molecule has 0 amide bonds. The minimum Gasteiger partial charge on any atom is -0.495 e. The molecule has 2 rings (SSSR count). The number of ether oxygens (including phenoxy) is 2. The predicted molar refractivity (Wildman–Crippen MR) is 97.5 cm³/mol. The molecule has 0 aromatic heterocycles. The van der Waals surface area contributed by atoms with Gasteiger partial charge in [0.15, 0.2) is 4.90 Å². The third-order valence-corrected chi connectivity index (χ3v) is 6.36. The highest BCUT2D eigenvalue weighted by Crippen LogP contribution is 2.39. The van der Waals surface area contributed by atoms with Crippen molar-refractivity contribution < 1.29 is 26.3 Å². The molecule has 0 heterocycles. The molecule has 0 atom stereocenters. The number of methoxy groups -OCH3 is 2. The molecule has 7 nitrogen and oxygen atoms in total. The van der Waals surface area contributed by atoms with E-state index in [1.165, 1.54) is 38.5 Å². The maximum atomic E-state index is 12.4. The molecule has 0 radical (unpaired) electrons. The lowest BCUT2D eigenvalue weighted by Gasteiger charge is -2.14. The van der Waals surface area contributed by atoms with E-state index in [0.717, 1.165) is 4.47 Å². The number of rotatable bonds is 6. The smallest absolute Gasteiger partial charge is 0.268 e. The Hall–Kier alpha value is -1.49. The Morgan fingerprint density at radius 1 is 0.960 bits per heavy atom. The summed E-state index contributed by atoms with van der Waals surface area (Å²) < 4.78 is 61.4. The molecular formula is C14H13BrClNO6S2. The van der Waals surface area contributed by atoms with Gasteiger partial charge in [-0.15, -0.1) is 0 Å². The zero-order valence-electron chi connectivity index (χ0n) is 13.0. The number of hydrogen-bond donors (Lipinski definition) is 1. The molecule has 0 saturated heterocycles. The van der Waals surface area contributed by atoms with E-state index in [9.17, 15) is 16.8 Å². The Morgan fingerprint density at radius 3 is 1.84 bits per heavy atom. The molecule has 1 N–H and O–H groups in total. The average Bonchev–Trinajstić information content (AvgIpc) is 2.52. The quantitative estimate of drug-likeness (QED) is 0.651. The number of nitrogens with one attached hydrogen (secondary N) is 1. The van der Waals surface area contributed by atoms with Gasteiger partial charge in [0.2, 0.25) is 0 Å². The largest absolute Gasteiger partial charge is 0.495 e. The molecule has 25 heavy (non-hydrogen) atoms. The van der Waals surface area contributed by atoms with Crippen LogP contribution in [0.5, 0.6) is 11.5 Å². The van der Waals surface area contributed by atoms with Gasteiger partial charge >= 0.3 is 0 Å². The van der Waals surface area contributed by atoms with E-state index < -0.39 is 19.1 Å². The highest BCUT2D eigenvalue weighted by atomic mass is 79.9. The third kappa shape index (κ3) is 4.57. The lowest BCUT2D eigenvalue weighted by molar-refractivity contribution is 0.374. The highest BCUT2D eigenvalue weighted by Gasteiger charge is 2.25. The molecule has 0 aliphatic heterocycles. The van der Waals surface area contributed by atoms with Crippen molar-refractivity contribution in [2.45, 2.75) is 9.79 Å². The van der Waals surface area contributed by atoms with Crippen LogP contribution in [0, 0.1) is 0 Å². The van der Waals surface area contributed by atoms with Crippen molar-refractivity contribution in [3.63, 3.8) is 0 Å². The minimum absolute atomic E-state index is 0.0303. The molecule has 0 aliphatic carbocycles. The van der Waals surface area contributed by atoms with Gasteiger partial charge in [0.25, 0.3) is 19.1 Å². The fraction of sp³-hybridized carbons (Fsp3) is 0.143. The Morgan fingerprint density at radius 2 is 1.44 bits per heavy atom. The maximum Gasteiger partial charge on any atom is 0.268 e. The first kappa shape index (κ1) is 19.8. The third-order valence-electron chi connectivity index (χ3n) is 3.08. The van der Waals surface area contributed by atoms with Gasteiger partial charge < -0.3 is 9.47 Å². The predicted octanol–water partition coefficient (Wildman–Crippen LogP) is 3.19. The van der Waals surface area contributed by atoms with Crippen molar-refractivity contribution in [1.29, 1.82) is 0 Å². The second-order valence-electron chi connectivity index (χ2n) is 4.71. The molecule has 136 valence electrons. The molecule has 2 aromatic carbocycles. The van der Waals surface area contributed by atoms with E-state index in [1.54, 1.807) is 12.1 Å². The monoisotopic (exact) mass is 469 g/mol. The zero-order valence-corrected chi connectivity index (χ0v) is 17.0. The number of hydrogen-bond acceptors (Lipinski definition) is 6. The van der Waals surface area contributed by atoms with Crippen LogP contribution in [-0.4, -0.2) is 31.1 Å². The van der Waals surface area contributed by atoms with Gasteiger partial charge in [-0.3, -0.25) is 4.72 Å². The van der Waals surface area contributed by atoms with Crippen molar-refractivity contribution in [2.24, 2.45) is 0 Å². The molecule has 0 spiro atoms. The van der Waals surface area contributed by atoms with Crippen LogP contribution < -0.4 is 14.2 Å². The highest BCUT2D eigenvalue weighted by molar-refractivity contribution is 9.10. The summed E-state index contributed by atoms with van der Waals surface area (Å²) in [6.45, 7) is 0. The molecular weight excluding hydrogens is 458 g/mol. The first-order valence-corrected chi connectivity index (χ1v) is 11.2. The lowest BCUT2D eigenvalue weighted by atomic mass is 10.3. The SMILES string of the molecule is COc1cc(NS(=O)(=O)c2ccc(Br)cc2)cc(OC)c1S(=O)(=O)Cl. The molecule has 0 unspecified atom stereocenters. The van der Waals surface area contributed by atoms with E-state index in [4.69, 9.17) is 20.2 Å². The molecule has 0 saturated carbocycles. The summed E-state index contributed by atoms with van der Waals surface area (Å²) in [6, 6.07) is 8.40. The van der Waals surface area contributed by atoms with E-state index >= 15 is 0 Å². The molecule has 0 bridgehead atoms. The summed E-state index contributed by atoms with van der Waals surface area (Å²) in [5.74, 6) is -0.300. The summed E-state index contributed by atoms with van der Waals surface area (Å²) in [5.41, 5.74) is 0.0562. The van der Waals surface area contributed by atoms with E-state index in [0.29, 0.717) is 0 Å². The fourth-order valence-electron chi connectivity index (χ4n) is 2.01. The van der Waals surface area contributed by atoms with Crippen molar-refractivity contribution in [3.05, 3.63) is 40.9 Å². The summed E-state index contributed by atoms with van der Waals surface area (Å²) in [4.78, 5) is -0.353. The van der Waals surface area contributed by atoms with Gasteiger partial charge in [0, 0.05) is 27.3 Å². The standard InChI is InChI=1S/C14H13BrClNO6S2/c1-22-12-7-10(8-13(23-2)14(12)24(16,18)19)17-25(20,21)11-5-3-9(15)4-6-11/h3-8,17H,1-2H3. The molecule has 11 heteroatoms. The summed E-state index contributed by atoms with van der Waals surface area (Å²) in [5, 5.41) is 0. The van der Waals surface area contributed by atoms with Crippen molar-refractivity contribution in [1.82, 2.24) is 0 Å². The van der Waals surface area contributed by atoms with Crippen LogP contribution in [-0.2, 0) is 19.1 Å². The summed E-state index contributed by atoms with van der Waals surface area (Å²) in [6.07, 6.45) is 0. The number of halogens is 2. The van der Waals surface area contributed by atoms with Crippen LogP contribution in [0.4, 0.5) is 5.69 Å². The average molecular weight is 471 g/mol. The van der Waals surface area contributed by atoms with Crippen LogP contribution in [0.15, 0.2) is 50.7 Å². The van der Waals surface area contributed by atoms with Crippen LogP contribution in [0.3, 0.4) is 0 Å². The zero-order chi connectivity index (χ0) is 18.8. The summed E-state index contributed by atoms with van der Waals surface area (Å²) in [7, 11) is -0.208. The minimum atomic E-state index is -4.17. The second-order valence-corrected chi connectivity index (χ2v) is 9.81. The Kier molecular flexibility index (Phi) is 5.87. The fourth-order valence-corrected chi connectivity index (χ4v) is 4.53. The Balaban J connectivity index is 2.52. The van der Waals surface area contributed by atoms with E-state index in [2.05, 4.69) is 20.7 Å². The van der Waals surface area contributed by atoms with E-state index in [-0.39, 0.29) is 27.0 Å². The van der Waals surface area contributed by atoms with Crippen molar-refractivity contribution in [2.75, 3.05) is 18.9 Å². The second kappa shape index (κ2) is 7.40. The topological polar surface area (TPSA) is 98.8 Å². The van der Waals surface area contributed by atoms with Gasteiger partial charge in [-0.05, 0) is 24.3 Å². The van der Waals surface area contributed by atoms with Gasteiger partial charge in [-0.2, -0.15) is 0 Å². The van der Waals surface area contributed by atoms with Gasteiger partial charge in [0.05, 0.1) is 24.8 Å². The number of anilines is 1. The van der Waals surface area contributed by atoms with Crippen molar-refractivity contribution in [3.8, 4) is 11.5 Å². The van der Waals surface area contributed by atoms with E-state index in [1.807, 2.05) is 0 Å². The number of benzene rings is 2. The molecule has 2 aromatic rings. The first-order chi connectivity index (χ1) is 11.6. The van der Waals surface area contributed by atoms with Crippen LogP contribution >= 0.6 is 26.6 Å². The van der Waals surface area contributed by atoms with Gasteiger partial charge in [-0.1, -0.05) is 15.9 Å².